The molecule has 3 rings (SSSR count). The molecule has 1 aliphatic carbocycles. The zero-order valence-corrected chi connectivity index (χ0v) is 15.0. The van der Waals surface area contributed by atoms with E-state index >= 15 is 0 Å². The number of esters is 1. The van der Waals surface area contributed by atoms with Crippen molar-refractivity contribution in [2.45, 2.75) is 32.3 Å². The number of hydrogen-bond acceptors (Lipinski definition) is 4. The number of aryl methyl sites for hydroxylation is 2. The van der Waals surface area contributed by atoms with E-state index in [1.807, 2.05) is 12.1 Å². The van der Waals surface area contributed by atoms with Gasteiger partial charge >= 0.3 is 5.97 Å². The van der Waals surface area contributed by atoms with Crippen molar-refractivity contribution in [3.05, 3.63) is 70.5 Å². The number of ether oxygens (including phenoxy) is 1. The zero-order chi connectivity index (χ0) is 19.4. The fourth-order valence-electron chi connectivity index (χ4n) is 3.14. The lowest BCUT2D eigenvalue weighted by atomic mass is 10.0. The molecule has 0 aromatic heterocycles. The molecule has 27 heavy (non-hydrogen) atoms. The standard InChI is InChI=1S/C21H20FNO4/c1-13(20(25)16-9-8-14-4-2-5-15(14)10-16)27-19(24)12-23-21(26)17-6-3-7-18(22)11-17/h3,6-11,13H,2,4-5,12H2,1H3,(H,23,26)/t13-/m1/s1. The maximum absolute atomic E-state index is 13.1. The van der Waals surface area contributed by atoms with E-state index in [0.717, 1.165) is 25.3 Å². The molecule has 0 fully saturated rings. The fraction of sp³-hybridized carbons (Fsp3) is 0.286. The smallest absolute Gasteiger partial charge is 0.326 e. The predicted molar refractivity (Wildman–Crippen MR) is 97.1 cm³/mol. The summed E-state index contributed by atoms with van der Waals surface area (Å²) >= 11 is 0. The lowest BCUT2D eigenvalue weighted by Gasteiger charge is -2.13. The number of Topliss-reactive ketones (excluding diaryl/α,β-unsaturated/α-hetero) is 1. The van der Waals surface area contributed by atoms with Crippen LogP contribution in [0.25, 0.3) is 0 Å². The Morgan fingerprint density at radius 2 is 1.85 bits per heavy atom. The largest absolute Gasteiger partial charge is 0.453 e. The normalized spacial score (nSPS) is 13.6. The Morgan fingerprint density at radius 3 is 2.63 bits per heavy atom. The molecule has 1 amide bonds. The van der Waals surface area contributed by atoms with Crippen LogP contribution in [-0.2, 0) is 22.4 Å². The Morgan fingerprint density at radius 1 is 1.07 bits per heavy atom. The van der Waals surface area contributed by atoms with Gasteiger partial charge in [0.2, 0.25) is 5.78 Å². The van der Waals surface area contributed by atoms with Crippen LogP contribution in [0.5, 0.6) is 0 Å². The summed E-state index contributed by atoms with van der Waals surface area (Å²) in [7, 11) is 0. The fourth-order valence-corrected chi connectivity index (χ4v) is 3.14. The maximum Gasteiger partial charge on any atom is 0.326 e. The van der Waals surface area contributed by atoms with Gasteiger partial charge in [0.15, 0.2) is 6.10 Å². The molecule has 0 saturated heterocycles. The average molecular weight is 369 g/mol. The topological polar surface area (TPSA) is 72.5 Å². The summed E-state index contributed by atoms with van der Waals surface area (Å²) in [6, 6.07) is 10.7. The van der Waals surface area contributed by atoms with Crippen molar-refractivity contribution < 1.29 is 23.5 Å². The number of carbonyl (C=O) groups is 3. The first-order valence-corrected chi connectivity index (χ1v) is 8.83. The molecule has 2 aromatic rings. The van der Waals surface area contributed by atoms with Crippen LogP contribution >= 0.6 is 0 Å². The van der Waals surface area contributed by atoms with E-state index < -0.39 is 30.3 Å². The number of fused-ring (bicyclic) bond motifs is 1. The number of carbonyl (C=O) groups excluding carboxylic acids is 3. The molecule has 1 aliphatic rings. The van der Waals surface area contributed by atoms with Crippen LogP contribution in [0.2, 0.25) is 0 Å². The molecule has 5 nitrogen and oxygen atoms in total. The highest BCUT2D eigenvalue weighted by Gasteiger charge is 2.22. The molecular weight excluding hydrogens is 349 g/mol. The molecular formula is C21H20FNO4. The molecule has 0 aliphatic heterocycles. The Balaban J connectivity index is 1.52. The molecule has 0 spiro atoms. The van der Waals surface area contributed by atoms with Crippen molar-refractivity contribution >= 4 is 17.7 Å². The lowest BCUT2D eigenvalue weighted by molar-refractivity contribution is -0.145. The van der Waals surface area contributed by atoms with Gasteiger partial charge in [-0.2, -0.15) is 0 Å². The van der Waals surface area contributed by atoms with Gasteiger partial charge in [-0.1, -0.05) is 18.2 Å². The maximum atomic E-state index is 13.1. The second-order valence-electron chi connectivity index (χ2n) is 6.53. The second-order valence-corrected chi connectivity index (χ2v) is 6.53. The first kappa shape index (κ1) is 18.8. The third-order valence-electron chi connectivity index (χ3n) is 4.54. The summed E-state index contributed by atoms with van der Waals surface area (Å²) in [5.74, 6) is -2.15. The highest BCUT2D eigenvalue weighted by Crippen LogP contribution is 2.23. The van der Waals surface area contributed by atoms with Crippen LogP contribution in [-0.4, -0.2) is 30.3 Å². The Kier molecular flexibility index (Phi) is 5.64. The summed E-state index contributed by atoms with van der Waals surface area (Å²) < 4.78 is 18.2. The molecule has 2 aromatic carbocycles. The monoisotopic (exact) mass is 369 g/mol. The number of ketones is 1. The molecule has 140 valence electrons. The number of halogens is 1. The van der Waals surface area contributed by atoms with Gasteiger partial charge in [-0.25, -0.2) is 4.39 Å². The van der Waals surface area contributed by atoms with E-state index in [-0.39, 0.29) is 11.3 Å². The number of hydrogen-bond donors (Lipinski definition) is 1. The van der Waals surface area contributed by atoms with Crippen molar-refractivity contribution in [1.82, 2.24) is 5.32 Å². The molecule has 0 radical (unpaired) electrons. The van der Waals surface area contributed by atoms with Crippen molar-refractivity contribution in [3.63, 3.8) is 0 Å². The minimum Gasteiger partial charge on any atom is -0.453 e. The summed E-state index contributed by atoms with van der Waals surface area (Å²) in [5.41, 5.74) is 3.04. The second kappa shape index (κ2) is 8.12. The van der Waals surface area contributed by atoms with Gasteiger partial charge in [0.25, 0.3) is 5.91 Å². The summed E-state index contributed by atoms with van der Waals surface area (Å²) in [6.07, 6.45) is 2.11. The average Bonchev–Trinajstić information content (AvgIpc) is 3.13. The zero-order valence-electron chi connectivity index (χ0n) is 15.0. The van der Waals surface area contributed by atoms with Crippen LogP contribution in [0.4, 0.5) is 4.39 Å². The summed E-state index contributed by atoms with van der Waals surface area (Å²) in [5, 5.41) is 2.35. The predicted octanol–water partition coefficient (Wildman–Crippen LogP) is 2.86. The van der Waals surface area contributed by atoms with E-state index in [2.05, 4.69) is 5.32 Å². The minimum absolute atomic E-state index is 0.102. The van der Waals surface area contributed by atoms with Crippen LogP contribution in [0.15, 0.2) is 42.5 Å². The first-order valence-electron chi connectivity index (χ1n) is 8.83. The lowest BCUT2D eigenvalue weighted by Crippen LogP contribution is -2.34. The van der Waals surface area contributed by atoms with Crippen LogP contribution in [0, 0.1) is 5.82 Å². The third-order valence-corrected chi connectivity index (χ3v) is 4.54. The molecule has 1 atom stereocenters. The van der Waals surface area contributed by atoms with E-state index in [1.165, 1.54) is 36.2 Å². The Hall–Kier alpha value is -3.02. The molecule has 6 heteroatoms. The molecule has 0 unspecified atom stereocenters. The highest BCUT2D eigenvalue weighted by atomic mass is 19.1. The first-order chi connectivity index (χ1) is 12.9. The van der Waals surface area contributed by atoms with E-state index in [9.17, 15) is 18.8 Å². The van der Waals surface area contributed by atoms with E-state index in [1.54, 1.807) is 6.07 Å². The highest BCUT2D eigenvalue weighted by molar-refractivity contribution is 6.01. The minimum atomic E-state index is -0.956. The summed E-state index contributed by atoms with van der Waals surface area (Å²) in [4.78, 5) is 36.3. The van der Waals surface area contributed by atoms with Crippen LogP contribution < -0.4 is 5.32 Å². The van der Waals surface area contributed by atoms with Gasteiger partial charge in [-0.3, -0.25) is 14.4 Å². The van der Waals surface area contributed by atoms with Gasteiger partial charge in [-0.15, -0.1) is 0 Å². The van der Waals surface area contributed by atoms with Gasteiger partial charge in [-0.05, 0) is 61.6 Å². The number of benzene rings is 2. The van der Waals surface area contributed by atoms with Crippen LogP contribution in [0.3, 0.4) is 0 Å². The van der Waals surface area contributed by atoms with Crippen LogP contribution in [0.1, 0.15) is 45.2 Å². The van der Waals surface area contributed by atoms with Crippen molar-refractivity contribution in [2.75, 3.05) is 6.54 Å². The summed E-state index contributed by atoms with van der Waals surface area (Å²) in [6.45, 7) is 1.10. The van der Waals surface area contributed by atoms with Gasteiger partial charge in [0, 0.05) is 11.1 Å². The Bertz CT molecular complexity index is 894. The van der Waals surface area contributed by atoms with Crippen molar-refractivity contribution in [3.8, 4) is 0 Å². The molecule has 0 heterocycles. The molecule has 1 N–H and O–H groups in total. The number of amides is 1. The van der Waals surface area contributed by atoms with Crippen molar-refractivity contribution in [1.29, 1.82) is 0 Å². The van der Waals surface area contributed by atoms with Gasteiger partial charge in [0.1, 0.15) is 12.4 Å². The van der Waals surface area contributed by atoms with E-state index in [4.69, 9.17) is 4.74 Å². The third kappa shape index (κ3) is 4.58. The quantitative estimate of drug-likeness (QED) is 0.628. The Labute approximate surface area is 156 Å². The van der Waals surface area contributed by atoms with Gasteiger partial charge < -0.3 is 10.1 Å². The number of rotatable bonds is 6. The van der Waals surface area contributed by atoms with Gasteiger partial charge in [0.05, 0.1) is 0 Å². The van der Waals surface area contributed by atoms with E-state index in [0.29, 0.717) is 5.56 Å². The molecule has 0 saturated carbocycles. The number of nitrogens with one attached hydrogen (secondary N) is 1. The SMILES string of the molecule is C[C@@H](OC(=O)CNC(=O)c1cccc(F)c1)C(=O)c1ccc2c(c1)CCC2. The van der Waals surface area contributed by atoms with Crippen molar-refractivity contribution in [2.24, 2.45) is 0 Å². The molecule has 0 bridgehead atoms.